The highest BCUT2D eigenvalue weighted by Crippen LogP contribution is 2.32. The van der Waals surface area contributed by atoms with Crippen LogP contribution in [0.2, 0.25) is 0 Å². The quantitative estimate of drug-likeness (QED) is 0.441. The van der Waals surface area contributed by atoms with Crippen LogP contribution in [0.25, 0.3) is 0 Å². The van der Waals surface area contributed by atoms with E-state index in [1.54, 1.807) is 48.5 Å². The van der Waals surface area contributed by atoms with Crippen molar-refractivity contribution in [3.8, 4) is 0 Å². The molecule has 0 amide bonds. The van der Waals surface area contributed by atoms with Crippen molar-refractivity contribution in [2.45, 2.75) is 0 Å². The Morgan fingerprint density at radius 3 is 1.32 bits per heavy atom. The summed E-state index contributed by atoms with van der Waals surface area (Å²) in [7, 11) is -4.98. The van der Waals surface area contributed by atoms with Crippen molar-refractivity contribution in [1.29, 1.82) is 0 Å². The van der Waals surface area contributed by atoms with Crippen molar-refractivity contribution >= 4 is 26.7 Å². The van der Waals surface area contributed by atoms with Gasteiger partial charge in [-0.1, -0.05) is 49.6 Å². The van der Waals surface area contributed by atoms with Gasteiger partial charge in [0.05, 0.1) is 0 Å². The predicted molar refractivity (Wildman–Crippen MR) is 90.6 cm³/mol. The van der Waals surface area contributed by atoms with Crippen LogP contribution >= 0.6 is 16.1 Å². The second-order valence-electron chi connectivity index (χ2n) is 4.36. The largest absolute Gasteiger partial charge is 0.438 e. The highest BCUT2D eigenvalue weighted by atomic mass is 31.1. The number of hydrogen-bond donors (Lipinski definition) is 0. The first-order chi connectivity index (χ1) is 10.6. The van der Waals surface area contributed by atoms with Crippen LogP contribution in [0.5, 0.6) is 0 Å². The topological polar surface area (TPSA) is 52.6 Å². The third-order valence-corrected chi connectivity index (χ3v) is 5.23. The molecule has 2 rings (SSSR count). The fraction of sp³-hybridized carbons (Fsp3) is 0. The Morgan fingerprint density at radius 1 is 0.682 bits per heavy atom. The zero-order valence-electron chi connectivity index (χ0n) is 11.8. The molecule has 0 spiro atoms. The normalized spacial score (nSPS) is 12.9. The minimum absolute atomic E-state index is 0.0158. The second-order valence-corrected chi connectivity index (χ2v) is 7.07. The van der Waals surface area contributed by atoms with Crippen LogP contribution in [0.4, 0.5) is 0 Å². The molecule has 2 aromatic carbocycles. The predicted octanol–water partition coefficient (Wildman–Crippen LogP) is 3.65. The minimum Gasteiger partial charge on any atom is -0.438 e. The Kier molecular flexibility index (Phi) is 5.83. The zero-order valence-corrected chi connectivity index (χ0v) is 13.8. The molecule has 0 saturated heterocycles. The van der Waals surface area contributed by atoms with Gasteiger partial charge < -0.3 is 9.05 Å². The van der Waals surface area contributed by atoms with Gasteiger partial charge in [0.15, 0.2) is 11.5 Å². The van der Waals surface area contributed by atoms with Crippen molar-refractivity contribution < 1.29 is 18.2 Å². The lowest BCUT2D eigenvalue weighted by molar-refractivity contribution is 0.368. The van der Waals surface area contributed by atoms with E-state index in [-0.39, 0.29) is 11.5 Å². The van der Waals surface area contributed by atoms with Crippen molar-refractivity contribution in [3.63, 3.8) is 0 Å². The maximum absolute atomic E-state index is 12.1. The molecule has 0 aliphatic carbocycles. The lowest BCUT2D eigenvalue weighted by atomic mass is 10.4. The Bertz CT molecular complexity index is 648. The third-order valence-electron chi connectivity index (χ3n) is 2.76. The van der Waals surface area contributed by atoms with E-state index in [9.17, 15) is 9.13 Å². The molecule has 114 valence electrons. The van der Waals surface area contributed by atoms with Gasteiger partial charge in [-0.15, -0.1) is 0 Å². The maximum Gasteiger partial charge on any atom is 0.266 e. The first-order valence-corrected chi connectivity index (χ1v) is 9.14. The summed E-state index contributed by atoms with van der Waals surface area (Å²) in [5, 5.41) is 1.13. The summed E-state index contributed by atoms with van der Waals surface area (Å²) in [5.41, 5.74) is 0. The van der Waals surface area contributed by atoms with Crippen LogP contribution in [0.1, 0.15) is 0 Å². The average Bonchev–Trinajstić information content (AvgIpc) is 2.56. The molecule has 0 heterocycles. The summed E-state index contributed by atoms with van der Waals surface area (Å²) in [5.74, 6) is 0.0315. The van der Waals surface area contributed by atoms with Gasteiger partial charge in [0.1, 0.15) is 0 Å². The van der Waals surface area contributed by atoms with Gasteiger partial charge in [-0.05, 0) is 24.3 Å². The molecule has 0 bridgehead atoms. The van der Waals surface area contributed by atoms with E-state index in [0.717, 1.165) is 0 Å². The summed E-state index contributed by atoms with van der Waals surface area (Å²) < 4.78 is 34.6. The second kappa shape index (κ2) is 7.84. The van der Waals surface area contributed by atoms with Gasteiger partial charge in [0.25, 0.3) is 16.1 Å². The molecule has 0 saturated carbocycles. The summed E-state index contributed by atoms with van der Waals surface area (Å²) >= 11 is 0. The first-order valence-electron chi connectivity index (χ1n) is 6.50. The number of benzene rings is 2. The van der Waals surface area contributed by atoms with Crippen LogP contribution < -0.4 is 10.6 Å². The Morgan fingerprint density at radius 2 is 1.00 bits per heavy atom. The smallest absolute Gasteiger partial charge is 0.266 e. The molecule has 0 aliphatic rings. The van der Waals surface area contributed by atoms with Crippen LogP contribution in [-0.2, 0) is 18.2 Å². The zero-order chi connectivity index (χ0) is 15.9. The average molecular weight is 334 g/mol. The van der Waals surface area contributed by atoms with E-state index < -0.39 is 16.1 Å². The lowest BCUT2D eigenvalue weighted by Crippen LogP contribution is -2.01. The number of rotatable bonds is 7. The van der Waals surface area contributed by atoms with Crippen LogP contribution in [0, 0.1) is 0 Å². The van der Waals surface area contributed by atoms with Crippen molar-refractivity contribution in [2.24, 2.45) is 0 Å². The van der Waals surface area contributed by atoms with Crippen LogP contribution in [0.15, 0.2) is 85.3 Å². The minimum atomic E-state index is -2.49. The highest BCUT2D eigenvalue weighted by molar-refractivity contribution is 7.48. The van der Waals surface area contributed by atoms with E-state index in [2.05, 4.69) is 13.2 Å². The molecule has 22 heavy (non-hydrogen) atoms. The van der Waals surface area contributed by atoms with Gasteiger partial charge >= 0.3 is 0 Å². The van der Waals surface area contributed by atoms with E-state index >= 15 is 0 Å². The molecule has 0 fully saturated rings. The van der Waals surface area contributed by atoms with Gasteiger partial charge in [0, 0.05) is 10.6 Å². The molecule has 2 unspecified atom stereocenters. The van der Waals surface area contributed by atoms with Crippen LogP contribution in [-0.4, -0.2) is 0 Å². The molecule has 6 heteroatoms. The Balaban J connectivity index is 1.94. The molecule has 2 aromatic rings. The molecule has 0 aromatic heterocycles. The molecule has 4 nitrogen and oxygen atoms in total. The van der Waals surface area contributed by atoms with E-state index in [0.29, 0.717) is 10.6 Å². The van der Waals surface area contributed by atoms with E-state index in [1.807, 2.05) is 12.1 Å². The summed E-state index contributed by atoms with van der Waals surface area (Å²) in [6.07, 6.45) is 0. The van der Waals surface area contributed by atoms with Crippen molar-refractivity contribution in [1.82, 2.24) is 0 Å². The van der Waals surface area contributed by atoms with E-state index in [1.165, 1.54) is 0 Å². The fourth-order valence-corrected chi connectivity index (χ4v) is 3.44. The summed E-state index contributed by atoms with van der Waals surface area (Å²) in [6.45, 7) is 7.25. The molecule has 0 N–H and O–H groups in total. The van der Waals surface area contributed by atoms with Gasteiger partial charge in [-0.2, -0.15) is 0 Å². The Hall–Kier alpha value is -2.02. The monoisotopic (exact) mass is 334 g/mol. The third kappa shape index (κ3) is 4.49. The maximum atomic E-state index is 12.1. The highest BCUT2D eigenvalue weighted by Gasteiger charge is 2.12. The van der Waals surface area contributed by atoms with Crippen molar-refractivity contribution in [3.05, 3.63) is 85.3 Å². The fourth-order valence-electron chi connectivity index (χ4n) is 1.60. The summed E-state index contributed by atoms with van der Waals surface area (Å²) in [4.78, 5) is 0. The first kappa shape index (κ1) is 16.4. The van der Waals surface area contributed by atoms with E-state index in [4.69, 9.17) is 9.05 Å². The SMILES string of the molecule is C=C(O[PH](=O)c1ccccc1)C(=C)O[PH](=O)c1ccccc1. The van der Waals surface area contributed by atoms with Gasteiger partial charge in [-0.3, -0.25) is 9.13 Å². The molecule has 0 radical (unpaired) electrons. The van der Waals surface area contributed by atoms with Gasteiger partial charge in [0.2, 0.25) is 0 Å². The standard InChI is InChI=1S/C16H16O4P2/c1-13(19-21(17)15-9-5-3-6-10-15)14(2)20-22(18)16-11-7-4-8-12-16/h3-12,21-22H,1-2H2. The molecule has 0 aliphatic heterocycles. The van der Waals surface area contributed by atoms with Crippen LogP contribution in [0.3, 0.4) is 0 Å². The van der Waals surface area contributed by atoms with Gasteiger partial charge in [-0.25, -0.2) is 0 Å². The molecular weight excluding hydrogens is 318 g/mol. The van der Waals surface area contributed by atoms with Crippen molar-refractivity contribution in [2.75, 3.05) is 0 Å². The lowest BCUT2D eigenvalue weighted by Gasteiger charge is -2.12. The summed E-state index contributed by atoms with van der Waals surface area (Å²) in [6, 6.07) is 17.5. The molecular formula is C16H16O4P2. The Labute approximate surface area is 130 Å². The number of hydrogen-bond acceptors (Lipinski definition) is 4. The molecule has 2 atom stereocenters.